The first kappa shape index (κ1) is 21.4. The summed E-state index contributed by atoms with van der Waals surface area (Å²) in [7, 11) is 0. The van der Waals surface area contributed by atoms with Crippen LogP contribution >= 0.6 is 22.6 Å². The Labute approximate surface area is 185 Å². The molecule has 4 nitrogen and oxygen atoms in total. The first-order chi connectivity index (χ1) is 13.4. The number of nitrogens with zero attached hydrogens (tertiary/aromatic N) is 1. The van der Waals surface area contributed by atoms with Crippen molar-refractivity contribution in [1.29, 1.82) is 5.26 Å². The van der Waals surface area contributed by atoms with E-state index in [1.54, 1.807) is 12.1 Å². The Morgan fingerprint density at radius 1 is 1.10 bits per heavy atom. The van der Waals surface area contributed by atoms with E-state index in [4.69, 9.17) is 4.74 Å². The number of esters is 1. The van der Waals surface area contributed by atoms with E-state index < -0.39 is 11.0 Å². The van der Waals surface area contributed by atoms with Crippen LogP contribution in [0.1, 0.15) is 67.4 Å². The van der Waals surface area contributed by atoms with Crippen molar-refractivity contribution in [2.75, 3.05) is 0 Å². The van der Waals surface area contributed by atoms with Gasteiger partial charge in [-0.3, -0.25) is 0 Å². The van der Waals surface area contributed by atoms with Crippen molar-refractivity contribution in [2.24, 2.45) is 0 Å². The lowest BCUT2D eigenvalue weighted by Crippen LogP contribution is -2.27. The fourth-order valence-electron chi connectivity index (χ4n) is 3.40. The normalized spacial score (nSPS) is 12.1. The van der Waals surface area contributed by atoms with E-state index in [1.807, 2.05) is 26.8 Å². The molecular formula is C24H25IN2O2. The zero-order valence-corrected chi connectivity index (χ0v) is 19.8. The monoisotopic (exact) mass is 500 g/mol. The average Bonchev–Trinajstić information content (AvgIpc) is 3.02. The molecule has 0 atom stereocenters. The van der Waals surface area contributed by atoms with Crippen molar-refractivity contribution in [3.63, 3.8) is 0 Å². The molecule has 3 rings (SSSR count). The second kappa shape index (κ2) is 7.49. The SMILES string of the molecule is Cc1ccc(C(C)(C)c2[nH]c3cc(C#N)ccc3c2C(=O)OC(C)(C)C)cc1I. The predicted octanol–water partition coefficient (Wildman–Crippen LogP) is 6.23. The second-order valence-corrected chi connectivity index (χ2v) is 10.0. The zero-order valence-electron chi connectivity index (χ0n) is 17.6. The molecule has 2 aromatic carbocycles. The fraction of sp³-hybridized carbons (Fsp3) is 0.333. The molecule has 0 radical (unpaired) electrons. The van der Waals surface area contributed by atoms with Crippen molar-refractivity contribution in [1.82, 2.24) is 4.98 Å². The van der Waals surface area contributed by atoms with Crippen LogP contribution in [0.3, 0.4) is 0 Å². The Bertz CT molecular complexity index is 1140. The van der Waals surface area contributed by atoms with Crippen LogP contribution < -0.4 is 0 Å². The number of H-pyrrole nitrogens is 1. The molecule has 3 aromatic rings. The van der Waals surface area contributed by atoms with Gasteiger partial charge in [-0.1, -0.05) is 32.0 Å². The third kappa shape index (κ3) is 4.18. The largest absolute Gasteiger partial charge is 0.456 e. The van der Waals surface area contributed by atoms with Gasteiger partial charge < -0.3 is 9.72 Å². The highest BCUT2D eigenvalue weighted by atomic mass is 127. The summed E-state index contributed by atoms with van der Waals surface area (Å²) in [5.74, 6) is -0.363. The second-order valence-electron chi connectivity index (χ2n) is 8.84. The Balaban J connectivity index is 2.27. The van der Waals surface area contributed by atoms with Crippen LogP contribution in [0.2, 0.25) is 0 Å². The number of rotatable bonds is 3. The molecule has 0 aliphatic heterocycles. The molecule has 0 aliphatic carbocycles. The summed E-state index contributed by atoms with van der Waals surface area (Å²) in [5, 5.41) is 10.0. The van der Waals surface area contributed by atoms with Crippen LogP contribution in [0.15, 0.2) is 36.4 Å². The molecule has 0 unspecified atom stereocenters. The van der Waals surface area contributed by atoms with Crippen LogP contribution in [0, 0.1) is 21.8 Å². The van der Waals surface area contributed by atoms with E-state index in [-0.39, 0.29) is 5.97 Å². The molecular weight excluding hydrogens is 475 g/mol. The van der Waals surface area contributed by atoms with Gasteiger partial charge >= 0.3 is 5.97 Å². The molecule has 0 bridgehead atoms. The zero-order chi connectivity index (χ0) is 21.6. The third-order valence-corrected chi connectivity index (χ3v) is 6.21. The lowest BCUT2D eigenvalue weighted by molar-refractivity contribution is 0.00696. The van der Waals surface area contributed by atoms with E-state index in [9.17, 15) is 10.1 Å². The van der Waals surface area contributed by atoms with E-state index >= 15 is 0 Å². The average molecular weight is 500 g/mol. The van der Waals surface area contributed by atoms with Gasteiger partial charge in [-0.15, -0.1) is 0 Å². The number of carbonyl (C=O) groups excluding carboxylic acids is 1. The first-order valence-electron chi connectivity index (χ1n) is 9.50. The summed E-state index contributed by atoms with van der Waals surface area (Å²) in [6.45, 7) is 11.9. The number of carbonyl (C=O) groups is 1. The number of hydrogen-bond donors (Lipinski definition) is 1. The predicted molar refractivity (Wildman–Crippen MR) is 124 cm³/mol. The Hall–Kier alpha value is -2.33. The van der Waals surface area contributed by atoms with Gasteiger partial charge in [0.05, 0.1) is 17.2 Å². The summed E-state index contributed by atoms with van der Waals surface area (Å²) in [4.78, 5) is 16.6. The number of aromatic nitrogens is 1. The van der Waals surface area contributed by atoms with E-state index in [0.29, 0.717) is 11.1 Å². The number of nitrogens with one attached hydrogen (secondary N) is 1. The van der Waals surface area contributed by atoms with Gasteiger partial charge in [0, 0.05) is 25.6 Å². The number of halogens is 1. The minimum atomic E-state index is -0.603. The first-order valence-corrected chi connectivity index (χ1v) is 10.6. The number of aryl methyl sites for hydroxylation is 1. The highest BCUT2D eigenvalue weighted by Gasteiger charge is 2.34. The fourth-order valence-corrected chi connectivity index (χ4v) is 3.92. The molecule has 29 heavy (non-hydrogen) atoms. The molecule has 0 amide bonds. The molecule has 1 aromatic heterocycles. The lowest BCUT2D eigenvalue weighted by atomic mass is 9.79. The molecule has 0 saturated carbocycles. The Kier molecular flexibility index (Phi) is 5.52. The Morgan fingerprint density at radius 2 is 1.79 bits per heavy atom. The molecule has 1 heterocycles. The van der Waals surface area contributed by atoms with E-state index in [0.717, 1.165) is 22.2 Å². The van der Waals surface area contributed by atoms with Crippen molar-refractivity contribution in [2.45, 2.75) is 52.6 Å². The van der Waals surface area contributed by atoms with Gasteiger partial charge in [-0.2, -0.15) is 5.26 Å². The van der Waals surface area contributed by atoms with Gasteiger partial charge in [0.1, 0.15) is 5.60 Å². The van der Waals surface area contributed by atoms with Crippen molar-refractivity contribution < 1.29 is 9.53 Å². The number of fused-ring (bicyclic) bond motifs is 1. The molecule has 150 valence electrons. The maximum absolute atomic E-state index is 13.2. The summed E-state index contributed by atoms with van der Waals surface area (Å²) >= 11 is 2.33. The standard InChI is InChI=1S/C24H25IN2O2/c1-14-7-9-16(12-18(14)25)24(5,6)21-20(22(28)29-23(2,3)4)17-10-8-15(13-26)11-19(17)27-21/h7-12,27H,1-6H3. The molecule has 0 fully saturated rings. The number of nitriles is 1. The van der Waals surface area contributed by atoms with Crippen molar-refractivity contribution in [3.8, 4) is 6.07 Å². The van der Waals surface area contributed by atoms with Gasteiger partial charge in [-0.05, 0) is 79.6 Å². The van der Waals surface area contributed by atoms with Crippen LogP contribution in [0.5, 0.6) is 0 Å². The molecule has 1 N–H and O–H groups in total. The smallest absolute Gasteiger partial charge is 0.341 e. The number of ether oxygens (including phenoxy) is 1. The summed E-state index contributed by atoms with van der Waals surface area (Å²) in [5.41, 5.74) is 3.87. The van der Waals surface area contributed by atoms with E-state index in [2.05, 4.69) is 72.6 Å². The quantitative estimate of drug-likeness (QED) is 0.342. The lowest BCUT2D eigenvalue weighted by Gasteiger charge is -2.27. The van der Waals surface area contributed by atoms with Crippen molar-refractivity contribution in [3.05, 3.63) is 67.9 Å². The Morgan fingerprint density at radius 3 is 2.38 bits per heavy atom. The number of hydrogen-bond acceptors (Lipinski definition) is 3. The van der Waals surface area contributed by atoms with Gasteiger partial charge in [0.2, 0.25) is 0 Å². The summed E-state index contributed by atoms with van der Waals surface area (Å²) < 4.78 is 6.91. The van der Waals surface area contributed by atoms with Gasteiger partial charge in [-0.25, -0.2) is 4.79 Å². The minimum Gasteiger partial charge on any atom is -0.456 e. The van der Waals surface area contributed by atoms with Gasteiger partial charge in [0.25, 0.3) is 0 Å². The summed E-state index contributed by atoms with van der Waals surface area (Å²) in [6, 6.07) is 13.8. The van der Waals surface area contributed by atoms with Crippen molar-refractivity contribution >= 4 is 39.5 Å². The highest BCUT2D eigenvalue weighted by molar-refractivity contribution is 14.1. The third-order valence-electron chi connectivity index (χ3n) is 5.05. The molecule has 0 saturated heterocycles. The summed E-state index contributed by atoms with van der Waals surface area (Å²) in [6.07, 6.45) is 0. The van der Waals surface area contributed by atoms with Crippen LogP contribution in [0.4, 0.5) is 0 Å². The number of benzene rings is 2. The molecule has 0 aliphatic rings. The maximum atomic E-state index is 13.2. The van der Waals surface area contributed by atoms with Crippen LogP contribution in [-0.4, -0.2) is 16.6 Å². The van der Waals surface area contributed by atoms with E-state index in [1.165, 1.54) is 9.13 Å². The van der Waals surface area contributed by atoms with Crippen LogP contribution in [0.25, 0.3) is 10.9 Å². The number of aromatic amines is 1. The van der Waals surface area contributed by atoms with Gasteiger partial charge in [0.15, 0.2) is 0 Å². The highest BCUT2D eigenvalue weighted by Crippen LogP contribution is 2.38. The maximum Gasteiger partial charge on any atom is 0.341 e. The topological polar surface area (TPSA) is 65.9 Å². The van der Waals surface area contributed by atoms with Crippen LogP contribution in [-0.2, 0) is 10.2 Å². The minimum absolute atomic E-state index is 0.363. The molecule has 0 spiro atoms. The molecule has 5 heteroatoms.